The van der Waals surface area contributed by atoms with Crippen LogP contribution < -0.4 is 0 Å². The van der Waals surface area contributed by atoms with Gasteiger partial charge in [-0.25, -0.2) is 0 Å². The fourth-order valence-corrected chi connectivity index (χ4v) is 4.62. The molecule has 5 rings (SSSR count). The molecule has 0 aliphatic carbocycles. The van der Waals surface area contributed by atoms with Crippen LogP contribution >= 0.6 is 0 Å². The third-order valence-corrected chi connectivity index (χ3v) is 5.80. The SMILES string of the molecule is CCOC1Cc2ccccc2-c2c(C#N)c(-c3ccnc4ccccc34)c(C)n21. The van der Waals surface area contributed by atoms with Gasteiger partial charge in [-0.2, -0.15) is 5.26 Å². The van der Waals surface area contributed by atoms with E-state index < -0.39 is 0 Å². The van der Waals surface area contributed by atoms with Crippen molar-refractivity contribution < 1.29 is 4.74 Å². The minimum absolute atomic E-state index is 0.112. The maximum Gasteiger partial charge on any atom is 0.138 e. The van der Waals surface area contributed by atoms with Crippen LogP contribution in [0.1, 0.15) is 30.0 Å². The number of nitriles is 1. The quantitative estimate of drug-likeness (QED) is 0.463. The van der Waals surface area contributed by atoms with E-state index in [1.807, 2.05) is 43.5 Å². The van der Waals surface area contributed by atoms with Crippen molar-refractivity contribution in [3.63, 3.8) is 0 Å². The lowest BCUT2D eigenvalue weighted by Crippen LogP contribution is -2.22. The smallest absolute Gasteiger partial charge is 0.138 e. The average Bonchev–Trinajstić information content (AvgIpc) is 3.06. The number of para-hydroxylation sites is 1. The highest BCUT2D eigenvalue weighted by Crippen LogP contribution is 2.45. The van der Waals surface area contributed by atoms with Crippen LogP contribution in [0.5, 0.6) is 0 Å². The Morgan fingerprint density at radius 1 is 1.10 bits per heavy atom. The van der Waals surface area contributed by atoms with Crippen molar-refractivity contribution in [2.75, 3.05) is 6.61 Å². The standard InChI is InChI=1S/C25H21N3O/c1-3-29-23-14-17-8-4-5-9-18(17)25-21(15-26)24(16(2)28(23)25)20-12-13-27-22-11-7-6-10-19(20)22/h4-13,23H,3,14H2,1-2H3. The molecular formula is C25H21N3O. The van der Waals surface area contributed by atoms with E-state index in [4.69, 9.17) is 4.74 Å². The fourth-order valence-electron chi connectivity index (χ4n) is 4.62. The molecule has 2 aromatic heterocycles. The highest BCUT2D eigenvalue weighted by atomic mass is 16.5. The number of rotatable bonds is 3. The summed E-state index contributed by atoms with van der Waals surface area (Å²) in [5.41, 5.74) is 8.00. The van der Waals surface area contributed by atoms with Crippen LogP contribution in [0.4, 0.5) is 0 Å². The van der Waals surface area contributed by atoms with Crippen LogP contribution in [0.25, 0.3) is 33.3 Å². The second-order valence-corrected chi connectivity index (χ2v) is 7.31. The molecule has 0 spiro atoms. The van der Waals surface area contributed by atoms with Gasteiger partial charge in [0.2, 0.25) is 0 Å². The van der Waals surface area contributed by atoms with Crippen LogP contribution in [0, 0.1) is 18.3 Å². The second-order valence-electron chi connectivity index (χ2n) is 7.31. The van der Waals surface area contributed by atoms with Crippen LogP contribution in [0.15, 0.2) is 60.8 Å². The number of hydrogen-bond acceptors (Lipinski definition) is 3. The summed E-state index contributed by atoms with van der Waals surface area (Å²) in [6.45, 7) is 4.73. The maximum atomic E-state index is 10.2. The number of aromatic nitrogens is 2. The lowest BCUT2D eigenvalue weighted by atomic mass is 9.93. The van der Waals surface area contributed by atoms with Crippen molar-refractivity contribution in [3.05, 3.63) is 77.6 Å². The molecule has 4 aromatic rings. The van der Waals surface area contributed by atoms with E-state index in [1.54, 1.807) is 0 Å². The monoisotopic (exact) mass is 379 g/mol. The van der Waals surface area contributed by atoms with Crippen LogP contribution in [0.2, 0.25) is 0 Å². The largest absolute Gasteiger partial charge is 0.358 e. The van der Waals surface area contributed by atoms with Crippen molar-refractivity contribution in [1.29, 1.82) is 5.26 Å². The Hall–Kier alpha value is -3.42. The van der Waals surface area contributed by atoms with Crippen molar-refractivity contribution in [3.8, 4) is 28.5 Å². The molecule has 0 amide bonds. The van der Waals surface area contributed by atoms with Gasteiger partial charge in [0.15, 0.2) is 0 Å². The molecule has 1 unspecified atom stereocenters. The Morgan fingerprint density at radius 3 is 2.72 bits per heavy atom. The topological polar surface area (TPSA) is 50.8 Å². The molecule has 0 N–H and O–H groups in total. The maximum absolute atomic E-state index is 10.2. The fraction of sp³-hybridized carbons (Fsp3) is 0.200. The lowest BCUT2D eigenvalue weighted by molar-refractivity contribution is 0.00902. The molecule has 0 saturated carbocycles. The molecular weight excluding hydrogens is 358 g/mol. The van der Waals surface area contributed by atoms with E-state index in [1.165, 1.54) is 5.56 Å². The van der Waals surface area contributed by atoms with Gasteiger partial charge in [0.25, 0.3) is 0 Å². The van der Waals surface area contributed by atoms with Crippen LogP contribution in [0.3, 0.4) is 0 Å². The van der Waals surface area contributed by atoms with E-state index >= 15 is 0 Å². The zero-order valence-corrected chi connectivity index (χ0v) is 16.5. The molecule has 3 heterocycles. The van der Waals surface area contributed by atoms with E-state index in [2.05, 4.69) is 46.8 Å². The number of benzene rings is 2. The summed E-state index contributed by atoms with van der Waals surface area (Å²) in [5, 5.41) is 11.3. The van der Waals surface area contributed by atoms with Gasteiger partial charge in [0.05, 0.1) is 16.8 Å². The predicted molar refractivity (Wildman–Crippen MR) is 114 cm³/mol. The summed E-state index contributed by atoms with van der Waals surface area (Å²) >= 11 is 0. The number of fused-ring (bicyclic) bond motifs is 4. The Labute approximate surface area is 170 Å². The number of hydrogen-bond donors (Lipinski definition) is 0. The zero-order valence-electron chi connectivity index (χ0n) is 16.5. The Kier molecular flexibility index (Phi) is 4.19. The van der Waals surface area contributed by atoms with Gasteiger partial charge in [0, 0.05) is 41.4 Å². The van der Waals surface area contributed by atoms with Gasteiger partial charge in [-0.1, -0.05) is 42.5 Å². The van der Waals surface area contributed by atoms with E-state index in [0.717, 1.165) is 45.4 Å². The van der Waals surface area contributed by atoms with Crippen LogP contribution in [-0.4, -0.2) is 16.2 Å². The molecule has 142 valence electrons. The van der Waals surface area contributed by atoms with Crippen molar-refractivity contribution in [1.82, 2.24) is 9.55 Å². The summed E-state index contributed by atoms with van der Waals surface area (Å²) in [6.07, 6.45) is 2.51. The third-order valence-electron chi connectivity index (χ3n) is 5.80. The van der Waals surface area contributed by atoms with Crippen LogP contribution in [-0.2, 0) is 11.2 Å². The first kappa shape index (κ1) is 17.7. The summed E-state index contributed by atoms with van der Waals surface area (Å²) in [7, 11) is 0. The first-order valence-corrected chi connectivity index (χ1v) is 9.93. The van der Waals surface area contributed by atoms with Crippen molar-refractivity contribution in [2.45, 2.75) is 26.5 Å². The predicted octanol–water partition coefficient (Wildman–Crippen LogP) is 5.64. The lowest BCUT2D eigenvalue weighted by Gasteiger charge is -2.29. The van der Waals surface area contributed by atoms with Crippen molar-refractivity contribution in [2.24, 2.45) is 0 Å². The van der Waals surface area contributed by atoms with E-state index in [0.29, 0.717) is 12.2 Å². The van der Waals surface area contributed by atoms with Gasteiger partial charge in [-0.15, -0.1) is 0 Å². The second kappa shape index (κ2) is 6.88. The van der Waals surface area contributed by atoms with Crippen molar-refractivity contribution >= 4 is 10.9 Å². The highest BCUT2D eigenvalue weighted by Gasteiger charge is 2.32. The van der Waals surface area contributed by atoms with Gasteiger partial charge >= 0.3 is 0 Å². The number of ether oxygens (including phenoxy) is 1. The average molecular weight is 379 g/mol. The van der Waals surface area contributed by atoms with E-state index in [-0.39, 0.29) is 6.23 Å². The summed E-state index contributed by atoms with van der Waals surface area (Å²) in [5.74, 6) is 0. The first-order chi connectivity index (χ1) is 14.2. The van der Waals surface area contributed by atoms with Gasteiger partial charge in [0.1, 0.15) is 12.3 Å². The third kappa shape index (κ3) is 2.59. The number of pyridine rings is 1. The molecule has 4 heteroatoms. The molecule has 0 bridgehead atoms. The first-order valence-electron chi connectivity index (χ1n) is 9.93. The Balaban J connectivity index is 1.88. The molecule has 0 radical (unpaired) electrons. The molecule has 0 fully saturated rings. The highest BCUT2D eigenvalue weighted by molar-refractivity contribution is 5.98. The Bertz CT molecular complexity index is 1270. The molecule has 4 nitrogen and oxygen atoms in total. The minimum atomic E-state index is -0.112. The Morgan fingerprint density at radius 2 is 1.90 bits per heavy atom. The minimum Gasteiger partial charge on any atom is -0.358 e. The molecule has 2 aromatic carbocycles. The summed E-state index contributed by atoms with van der Waals surface area (Å²) in [6, 6.07) is 20.9. The normalized spacial score (nSPS) is 15.0. The number of nitrogens with zero attached hydrogens (tertiary/aromatic N) is 3. The van der Waals surface area contributed by atoms with E-state index in [9.17, 15) is 5.26 Å². The molecule has 0 saturated heterocycles. The molecule has 29 heavy (non-hydrogen) atoms. The van der Waals surface area contributed by atoms with Gasteiger partial charge in [-0.05, 0) is 37.1 Å². The molecule has 1 aliphatic heterocycles. The van der Waals surface area contributed by atoms with Gasteiger partial charge in [-0.3, -0.25) is 4.98 Å². The summed E-state index contributed by atoms with van der Waals surface area (Å²) < 4.78 is 8.34. The van der Waals surface area contributed by atoms with Gasteiger partial charge < -0.3 is 9.30 Å². The molecule has 1 aliphatic rings. The molecule has 1 atom stereocenters. The zero-order chi connectivity index (χ0) is 20.0. The summed E-state index contributed by atoms with van der Waals surface area (Å²) in [4.78, 5) is 4.50.